The van der Waals surface area contributed by atoms with Gasteiger partial charge in [-0.2, -0.15) is 0 Å². The molecule has 0 saturated carbocycles. The first-order valence-corrected chi connectivity index (χ1v) is 21.3. The molecule has 0 fully saturated rings. The van der Waals surface area contributed by atoms with Gasteiger partial charge in [-0.3, -0.25) is 0 Å². The van der Waals surface area contributed by atoms with Crippen molar-refractivity contribution in [3.63, 3.8) is 0 Å². The SMILES string of the molecule is C1=C(n2c3ccccc3c3c4c5ccccc5n(-c5ccccc5)c4ccc32)CC(c2nc(-c3ccccc3)nc(-c3ccccc3)n2)c2c1c1ccccc1c1ccccc21. The lowest BCUT2D eigenvalue weighted by Gasteiger charge is -2.29. The van der Waals surface area contributed by atoms with Gasteiger partial charge in [-0.25, -0.2) is 15.0 Å². The molecular formula is C57H37N5. The largest absolute Gasteiger partial charge is 0.313 e. The van der Waals surface area contributed by atoms with Crippen molar-refractivity contribution in [2.75, 3.05) is 0 Å². The zero-order valence-electron chi connectivity index (χ0n) is 33.7. The van der Waals surface area contributed by atoms with Crippen molar-refractivity contribution < 1.29 is 0 Å². The first-order valence-electron chi connectivity index (χ1n) is 21.3. The van der Waals surface area contributed by atoms with Crippen molar-refractivity contribution in [2.45, 2.75) is 12.3 Å². The van der Waals surface area contributed by atoms with Crippen LogP contribution in [0.3, 0.4) is 0 Å². The highest BCUT2D eigenvalue weighted by molar-refractivity contribution is 6.29. The highest BCUT2D eigenvalue weighted by Crippen LogP contribution is 2.49. The van der Waals surface area contributed by atoms with Crippen LogP contribution in [0.2, 0.25) is 0 Å². The van der Waals surface area contributed by atoms with Gasteiger partial charge in [-0.1, -0.05) is 164 Å². The zero-order valence-corrected chi connectivity index (χ0v) is 33.7. The Hall–Kier alpha value is -8.15. The maximum atomic E-state index is 5.42. The highest BCUT2D eigenvalue weighted by Gasteiger charge is 2.32. The molecule has 3 aromatic heterocycles. The number of benzene rings is 9. The molecule has 0 aliphatic heterocycles. The fraction of sp³-hybridized carbons (Fsp3) is 0.0351. The Kier molecular flexibility index (Phi) is 7.66. The van der Waals surface area contributed by atoms with E-state index in [-0.39, 0.29) is 5.92 Å². The molecule has 0 amide bonds. The monoisotopic (exact) mass is 791 g/mol. The van der Waals surface area contributed by atoms with Gasteiger partial charge in [0.05, 0.1) is 28.0 Å². The Balaban J connectivity index is 1.13. The number of aromatic nitrogens is 5. The van der Waals surface area contributed by atoms with Gasteiger partial charge in [-0.15, -0.1) is 0 Å². The number of rotatable bonds is 5. The first kappa shape index (κ1) is 34.7. The molecule has 12 aromatic rings. The number of hydrogen-bond acceptors (Lipinski definition) is 3. The van der Waals surface area contributed by atoms with Crippen LogP contribution in [0.1, 0.15) is 29.3 Å². The lowest BCUT2D eigenvalue weighted by atomic mass is 9.79. The molecule has 0 spiro atoms. The van der Waals surface area contributed by atoms with Crippen LogP contribution in [0.5, 0.6) is 0 Å². The molecule has 1 aliphatic carbocycles. The molecule has 0 saturated heterocycles. The van der Waals surface area contributed by atoms with Crippen molar-refractivity contribution in [1.29, 1.82) is 0 Å². The Morgan fingerprint density at radius 3 is 1.42 bits per heavy atom. The average Bonchev–Trinajstić information content (AvgIpc) is 3.87. The Morgan fingerprint density at radius 1 is 0.371 bits per heavy atom. The van der Waals surface area contributed by atoms with Crippen LogP contribution >= 0.6 is 0 Å². The van der Waals surface area contributed by atoms with Gasteiger partial charge in [0.25, 0.3) is 0 Å². The van der Waals surface area contributed by atoms with Crippen LogP contribution in [-0.2, 0) is 0 Å². The Morgan fingerprint density at radius 2 is 0.823 bits per heavy atom. The molecule has 1 unspecified atom stereocenters. The third-order valence-electron chi connectivity index (χ3n) is 12.9. The quantitative estimate of drug-likeness (QED) is 0.163. The average molecular weight is 792 g/mol. The van der Waals surface area contributed by atoms with Crippen molar-refractivity contribution in [1.82, 2.24) is 24.1 Å². The summed E-state index contributed by atoms with van der Waals surface area (Å²) in [4.78, 5) is 16.0. The van der Waals surface area contributed by atoms with Crippen LogP contribution in [0.25, 0.3) is 105 Å². The van der Waals surface area contributed by atoms with Gasteiger partial charge in [-0.05, 0) is 75.1 Å². The lowest BCUT2D eigenvalue weighted by Crippen LogP contribution is -2.17. The van der Waals surface area contributed by atoms with Crippen LogP contribution in [-0.4, -0.2) is 24.1 Å². The Bertz CT molecular complexity index is 3710. The molecule has 0 N–H and O–H groups in total. The lowest BCUT2D eigenvalue weighted by molar-refractivity contribution is 0.741. The summed E-state index contributed by atoms with van der Waals surface area (Å²) in [5.41, 5.74) is 11.5. The molecule has 9 aromatic carbocycles. The molecule has 1 aliphatic rings. The second-order valence-electron chi connectivity index (χ2n) is 16.3. The van der Waals surface area contributed by atoms with Gasteiger partial charge >= 0.3 is 0 Å². The Labute approximate surface area is 357 Å². The number of hydrogen-bond donors (Lipinski definition) is 0. The highest BCUT2D eigenvalue weighted by atomic mass is 15.1. The van der Waals surface area contributed by atoms with E-state index < -0.39 is 0 Å². The van der Waals surface area contributed by atoms with Gasteiger partial charge < -0.3 is 9.13 Å². The van der Waals surface area contributed by atoms with E-state index in [4.69, 9.17) is 15.0 Å². The fourth-order valence-corrected chi connectivity index (χ4v) is 10.3. The number of allylic oxidation sites excluding steroid dienone is 1. The molecule has 62 heavy (non-hydrogen) atoms. The molecule has 13 rings (SSSR count). The molecule has 3 heterocycles. The van der Waals surface area contributed by atoms with Crippen LogP contribution in [0.15, 0.2) is 200 Å². The smallest absolute Gasteiger partial charge is 0.163 e. The van der Waals surface area contributed by atoms with Crippen LogP contribution < -0.4 is 0 Å². The minimum atomic E-state index is -0.188. The third-order valence-corrected chi connectivity index (χ3v) is 12.9. The topological polar surface area (TPSA) is 48.5 Å². The van der Waals surface area contributed by atoms with Crippen molar-refractivity contribution >= 4 is 76.9 Å². The zero-order chi connectivity index (χ0) is 40.7. The standard InChI is InChI=1S/C57H37N5/c1-4-18-36(19-5-1)55-58-56(37-20-6-2-7-21-37)60-57(59-55)47-35-39(34-46-42-26-11-10-24-40(42)41-25-12-13-27-43(41)52(46)47)62-49-31-17-15-29-45(49)54-51(62)33-32-50-53(54)44-28-14-16-30-48(44)61(50)38-22-8-3-9-23-38/h1-34,47H,35H2. The van der Waals surface area contributed by atoms with Crippen molar-refractivity contribution in [3.8, 4) is 28.5 Å². The third kappa shape index (κ3) is 5.18. The van der Waals surface area contributed by atoms with E-state index >= 15 is 0 Å². The normalized spacial score (nSPS) is 14.0. The van der Waals surface area contributed by atoms with Crippen molar-refractivity contribution in [3.05, 3.63) is 217 Å². The minimum Gasteiger partial charge on any atom is -0.313 e. The molecular weight excluding hydrogens is 755 g/mol. The van der Waals surface area contributed by atoms with E-state index in [1.165, 1.54) is 82.0 Å². The maximum Gasteiger partial charge on any atom is 0.163 e. The second kappa shape index (κ2) is 13.7. The summed E-state index contributed by atoms with van der Waals surface area (Å²) in [7, 11) is 0. The summed E-state index contributed by atoms with van der Waals surface area (Å²) in [6.07, 6.45) is 3.14. The number of nitrogens with zero attached hydrogens (tertiary/aromatic N) is 5. The molecule has 5 heteroatoms. The number of fused-ring (bicyclic) bond motifs is 13. The van der Waals surface area contributed by atoms with Crippen molar-refractivity contribution in [2.24, 2.45) is 0 Å². The summed E-state index contributed by atoms with van der Waals surface area (Å²) in [5, 5.41) is 9.91. The molecule has 0 bridgehead atoms. The van der Waals surface area contributed by atoms with Gasteiger partial charge in [0.15, 0.2) is 11.6 Å². The molecule has 290 valence electrons. The summed E-state index contributed by atoms with van der Waals surface area (Å²) in [6, 6.07) is 71.5. The van der Waals surface area contributed by atoms with Gasteiger partial charge in [0.2, 0.25) is 0 Å². The predicted octanol–water partition coefficient (Wildman–Crippen LogP) is 14.3. The predicted molar refractivity (Wildman–Crippen MR) is 257 cm³/mol. The van der Waals surface area contributed by atoms with Crippen LogP contribution in [0, 0.1) is 0 Å². The second-order valence-corrected chi connectivity index (χ2v) is 16.3. The summed E-state index contributed by atoms with van der Waals surface area (Å²) in [5.74, 6) is 1.92. The van der Waals surface area contributed by atoms with Gasteiger partial charge in [0.1, 0.15) is 5.82 Å². The van der Waals surface area contributed by atoms with E-state index in [9.17, 15) is 0 Å². The van der Waals surface area contributed by atoms with E-state index in [1.54, 1.807) is 0 Å². The first-order chi connectivity index (χ1) is 30.8. The van der Waals surface area contributed by atoms with E-state index in [1.807, 2.05) is 36.4 Å². The van der Waals surface area contributed by atoms with Crippen LogP contribution in [0.4, 0.5) is 0 Å². The summed E-state index contributed by atoms with van der Waals surface area (Å²) < 4.78 is 4.94. The van der Waals surface area contributed by atoms with E-state index in [0.29, 0.717) is 18.1 Å². The van der Waals surface area contributed by atoms with E-state index in [2.05, 4.69) is 179 Å². The molecule has 0 radical (unpaired) electrons. The summed E-state index contributed by atoms with van der Waals surface area (Å²) in [6.45, 7) is 0. The summed E-state index contributed by atoms with van der Waals surface area (Å²) >= 11 is 0. The van der Waals surface area contributed by atoms with Gasteiger partial charge in [0, 0.05) is 50.5 Å². The minimum absolute atomic E-state index is 0.188. The number of para-hydroxylation sites is 3. The maximum absolute atomic E-state index is 5.42. The fourth-order valence-electron chi connectivity index (χ4n) is 10.3. The molecule has 5 nitrogen and oxygen atoms in total. The molecule has 1 atom stereocenters. The van der Waals surface area contributed by atoms with E-state index in [0.717, 1.165) is 22.6 Å².